The molecule has 2 rings (SSSR count). The van der Waals surface area contributed by atoms with Crippen LogP contribution in [0.4, 0.5) is 10.5 Å². The van der Waals surface area contributed by atoms with Crippen LogP contribution >= 0.6 is 0 Å². The van der Waals surface area contributed by atoms with Gasteiger partial charge in [0.1, 0.15) is 11.5 Å². The van der Waals surface area contributed by atoms with Crippen molar-refractivity contribution in [3.8, 4) is 11.5 Å². The van der Waals surface area contributed by atoms with E-state index in [4.69, 9.17) is 4.74 Å². The Balaban J connectivity index is 1.95. The lowest BCUT2D eigenvalue weighted by Gasteiger charge is -2.23. The van der Waals surface area contributed by atoms with Crippen molar-refractivity contribution in [3.05, 3.63) is 53.1 Å². The molecule has 134 valence electrons. The first-order valence-corrected chi connectivity index (χ1v) is 8.25. The SMILES string of the molecule is Cc1ccc(NC(=O)NCOc2ccc(C)cc2C(C)(C)C)c(O)c1. The number of phenolic OH excluding ortho intramolecular Hbond substituents is 1. The highest BCUT2D eigenvalue weighted by atomic mass is 16.5. The number of hydrogen-bond donors (Lipinski definition) is 3. The molecular formula is C20H26N2O3. The summed E-state index contributed by atoms with van der Waals surface area (Å²) >= 11 is 0. The van der Waals surface area contributed by atoms with Crippen molar-refractivity contribution in [2.75, 3.05) is 12.0 Å². The second kappa shape index (κ2) is 7.47. The molecule has 0 aliphatic heterocycles. The zero-order valence-corrected chi connectivity index (χ0v) is 15.4. The third-order valence-corrected chi connectivity index (χ3v) is 3.80. The highest BCUT2D eigenvalue weighted by molar-refractivity contribution is 5.90. The van der Waals surface area contributed by atoms with Crippen molar-refractivity contribution in [1.82, 2.24) is 5.32 Å². The predicted octanol–water partition coefficient (Wildman–Crippen LogP) is 4.46. The van der Waals surface area contributed by atoms with Gasteiger partial charge in [0.15, 0.2) is 6.73 Å². The quantitative estimate of drug-likeness (QED) is 0.567. The van der Waals surface area contributed by atoms with E-state index in [0.29, 0.717) is 5.69 Å². The lowest BCUT2D eigenvalue weighted by molar-refractivity contribution is 0.233. The third kappa shape index (κ3) is 5.14. The Morgan fingerprint density at radius 3 is 2.36 bits per heavy atom. The molecule has 0 aromatic heterocycles. The van der Waals surface area contributed by atoms with E-state index in [1.54, 1.807) is 12.1 Å². The first kappa shape index (κ1) is 18.6. The maximum absolute atomic E-state index is 12.0. The molecule has 0 radical (unpaired) electrons. The molecule has 0 bridgehead atoms. The standard InChI is InChI=1S/C20H26N2O3/c1-13-7-9-18(15(10-13)20(3,4)5)25-12-21-19(24)22-16-8-6-14(2)11-17(16)23/h6-11,23H,12H2,1-5H3,(H2,21,22,24). The van der Waals surface area contributed by atoms with Crippen LogP contribution < -0.4 is 15.4 Å². The fourth-order valence-electron chi connectivity index (χ4n) is 2.45. The van der Waals surface area contributed by atoms with Gasteiger partial charge in [0.05, 0.1) is 5.69 Å². The minimum absolute atomic E-state index is 0.0321. The number of urea groups is 1. The molecule has 0 aliphatic rings. The predicted molar refractivity (Wildman–Crippen MR) is 100 cm³/mol. The maximum atomic E-state index is 12.0. The zero-order chi connectivity index (χ0) is 18.6. The molecule has 0 spiro atoms. The van der Waals surface area contributed by atoms with E-state index < -0.39 is 6.03 Å². The van der Waals surface area contributed by atoms with Gasteiger partial charge in [-0.25, -0.2) is 4.79 Å². The third-order valence-electron chi connectivity index (χ3n) is 3.80. The Hall–Kier alpha value is -2.69. The van der Waals surface area contributed by atoms with Crippen LogP contribution in [-0.4, -0.2) is 17.9 Å². The van der Waals surface area contributed by atoms with E-state index in [2.05, 4.69) is 37.5 Å². The highest BCUT2D eigenvalue weighted by Gasteiger charge is 2.19. The minimum Gasteiger partial charge on any atom is -0.506 e. The maximum Gasteiger partial charge on any atom is 0.321 e. The summed E-state index contributed by atoms with van der Waals surface area (Å²) in [5.41, 5.74) is 3.47. The summed E-state index contributed by atoms with van der Waals surface area (Å²) in [6, 6.07) is 10.6. The second-order valence-electron chi connectivity index (χ2n) is 7.19. The summed E-state index contributed by atoms with van der Waals surface area (Å²) in [5, 5.41) is 15.1. The first-order chi connectivity index (χ1) is 11.7. The molecule has 0 saturated carbocycles. The van der Waals surface area contributed by atoms with Crippen molar-refractivity contribution in [3.63, 3.8) is 0 Å². The van der Waals surface area contributed by atoms with E-state index in [9.17, 15) is 9.90 Å². The lowest BCUT2D eigenvalue weighted by atomic mass is 9.85. The number of phenols is 1. The molecule has 0 heterocycles. The average Bonchev–Trinajstić information content (AvgIpc) is 2.50. The van der Waals surface area contributed by atoms with Crippen molar-refractivity contribution < 1.29 is 14.6 Å². The van der Waals surface area contributed by atoms with Crippen LogP contribution in [0, 0.1) is 13.8 Å². The number of carbonyl (C=O) groups excluding carboxylic acids is 1. The Labute approximate surface area is 149 Å². The molecule has 3 N–H and O–H groups in total. The normalized spacial score (nSPS) is 11.1. The summed E-state index contributed by atoms with van der Waals surface area (Å²) in [5.74, 6) is 0.779. The fraction of sp³-hybridized carbons (Fsp3) is 0.350. The number of nitrogens with one attached hydrogen (secondary N) is 2. The van der Waals surface area contributed by atoms with Gasteiger partial charge in [-0.1, -0.05) is 44.5 Å². The number of amides is 2. The average molecular weight is 342 g/mol. The van der Waals surface area contributed by atoms with Gasteiger partial charge in [0, 0.05) is 0 Å². The van der Waals surface area contributed by atoms with Crippen LogP contribution in [0.5, 0.6) is 11.5 Å². The van der Waals surface area contributed by atoms with Crippen LogP contribution in [0.3, 0.4) is 0 Å². The molecule has 2 aromatic rings. The van der Waals surface area contributed by atoms with Gasteiger partial charge in [0.2, 0.25) is 0 Å². The molecule has 25 heavy (non-hydrogen) atoms. The van der Waals surface area contributed by atoms with Gasteiger partial charge in [-0.05, 0) is 48.6 Å². The summed E-state index contributed by atoms with van der Waals surface area (Å²) < 4.78 is 5.74. The Bertz CT molecular complexity index is 764. The number of benzene rings is 2. The molecule has 5 heteroatoms. The van der Waals surface area contributed by atoms with Crippen molar-refractivity contribution in [2.24, 2.45) is 0 Å². The molecule has 2 amide bonds. The molecule has 5 nitrogen and oxygen atoms in total. The zero-order valence-electron chi connectivity index (χ0n) is 15.4. The van der Waals surface area contributed by atoms with Crippen LogP contribution in [0.1, 0.15) is 37.5 Å². The number of anilines is 1. The Morgan fingerprint density at radius 1 is 1.08 bits per heavy atom. The summed E-state index contributed by atoms with van der Waals surface area (Å²) in [6.07, 6.45) is 0. The van der Waals surface area contributed by atoms with Gasteiger partial charge in [-0.3, -0.25) is 0 Å². The summed E-state index contributed by atoms with van der Waals surface area (Å²) in [6.45, 7) is 10.3. The largest absolute Gasteiger partial charge is 0.506 e. The fourth-order valence-corrected chi connectivity index (χ4v) is 2.45. The van der Waals surface area contributed by atoms with Crippen LogP contribution in [-0.2, 0) is 5.41 Å². The van der Waals surface area contributed by atoms with Crippen molar-refractivity contribution in [1.29, 1.82) is 0 Å². The minimum atomic E-state index is -0.441. The van der Waals surface area contributed by atoms with Gasteiger partial charge >= 0.3 is 6.03 Å². The van der Waals surface area contributed by atoms with Crippen LogP contribution in [0.15, 0.2) is 36.4 Å². The lowest BCUT2D eigenvalue weighted by Crippen LogP contribution is -2.32. The molecule has 2 aromatic carbocycles. The summed E-state index contributed by atoms with van der Waals surface area (Å²) in [7, 11) is 0. The molecule has 0 unspecified atom stereocenters. The number of ether oxygens (including phenoxy) is 1. The molecule has 0 fully saturated rings. The van der Waals surface area contributed by atoms with E-state index in [0.717, 1.165) is 22.4 Å². The monoisotopic (exact) mass is 342 g/mol. The van der Waals surface area contributed by atoms with Crippen LogP contribution in [0.2, 0.25) is 0 Å². The summed E-state index contributed by atoms with van der Waals surface area (Å²) in [4.78, 5) is 12.0. The van der Waals surface area contributed by atoms with E-state index >= 15 is 0 Å². The van der Waals surface area contributed by atoms with E-state index in [-0.39, 0.29) is 17.9 Å². The number of aromatic hydroxyl groups is 1. The highest BCUT2D eigenvalue weighted by Crippen LogP contribution is 2.32. The molecule has 0 atom stereocenters. The first-order valence-electron chi connectivity index (χ1n) is 8.25. The number of hydrogen-bond acceptors (Lipinski definition) is 3. The van der Waals surface area contributed by atoms with Gasteiger partial charge in [-0.15, -0.1) is 0 Å². The van der Waals surface area contributed by atoms with Gasteiger partial charge < -0.3 is 20.5 Å². The number of rotatable bonds is 4. The van der Waals surface area contributed by atoms with E-state index in [1.165, 1.54) is 0 Å². The van der Waals surface area contributed by atoms with E-state index in [1.807, 2.05) is 32.0 Å². The van der Waals surface area contributed by atoms with Gasteiger partial charge in [0.25, 0.3) is 0 Å². The van der Waals surface area contributed by atoms with Crippen molar-refractivity contribution >= 4 is 11.7 Å². The number of carbonyl (C=O) groups is 1. The van der Waals surface area contributed by atoms with Crippen LogP contribution in [0.25, 0.3) is 0 Å². The molecule has 0 saturated heterocycles. The van der Waals surface area contributed by atoms with Gasteiger partial charge in [-0.2, -0.15) is 0 Å². The number of aryl methyl sites for hydroxylation is 2. The van der Waals surface area contributed by atoms with Crippen molar-refractivity contribution in [2.45, 2.75) is 40.0 Å². The topological polar surface area (TPSA) is 70.6 Å². The molecule has 0 aliphatic carbocycles. The smallest absolute Gasteiger partial charge is 0.321 e. The second-order valence-corrected chi connectivity index (χ2v) is 7.19. The Kier molecular flexibility index (Phi) is 5.57. The Morgan fingerprint density at radius 2 is 1.72 bits per heavy atom. The molecular weight excluding hydrogens is 316 g/mol.